The molecule has 0 fully saturated rings. The second-order valence-corrected chi connectivity index (χ2v) is 10.3. The third-order valence-corrected chi connectivity index (χ3v) is 6.95. The molecule has 0 saturated heterocycles. The van der Waals surface area contributed by atoms with Crippen LogP contribution in [0.2, 0.25) is 0 Å². The Labute approximate surface area is 267 Å². The van der Waals surface area contributed by atoms with E-state index in [-0.39, 0.29) is 26.4 Å². The standard InChI is InChI=1S/C36H36N2O8/c1-41-21-27(45-35(39)37-25-13-5-3-6-14-25)23-43-33-29-17-9-11-19-31(29)34(32-20-12-10-18-30(32)33)44-24-28(22-42-2)46-36(40)38-26-15-7-4-8-16-26/h3-20,27-28H,21-24H2,1-2H3,(H,37,39)(H,38,40). The molecule has 2 N–H and O–H groups in total. The highest BCUT2D eigenvalue weighted by Gasteiger charge is 2.22. The minimum absolute atomic E-state index is 0.0462. The van der Waals surface area contributed by atoms with Gasteiger partial charge < -0.3 is 28.4 Å². The normalized spacial score (nSPS) is 12.2. The molecule has 0 saturated carbocycles. The molecule has 0 aliphatic rings. The Balaban J connectivity index is 1.35. The van der Waals surface area contributed by atoms with Crippen LogP contribution in [0.15, 0.2) is 109 Å². The van der Waals surface area contributed by atoms with Crippen molar-refractivity contribution in [3.8, 4) is 11.5 Å². The summed E-state index contributed by atoms with van der Waals surface area (Å²) in [7, 11) is 3.07. The van der Waals surface area contributed by atoms with Crippen molar-refractivity contribution in [2.24, 2.45) is 0 Å². The zero-order valence-electron chi connectivity index (χ0n) is 25.6. The highest BCUT2D eigenvalue weighted by molar-refractivity contribution is 6.11. The van der Waals surface area contributed by atoms with Crippen LogP contribution in [0.1, 0.15) is 0 Å². The first-order valence-corrected chi connectivity index (χ1v) is 14.8. The van der Waals surface area contributed by atoms with Crippen molar-refractivity contribution in [1.82, 2.24) is 0 Å². The smallest absolute Gasteiger partial charge is 0.412 e. The molecule has 0 heterocycles. The Morgan fingerprint density at radius 3 is 1.15 bits per heavy atom. The number of fused-ring (bicyclic) bond motifs is 2. The van der Waals surface area contributed by atoms with Crippen LogP contribution in [0.4, 0.5) is 21.0 Å². The van der Waals surface area contributed by atoms with E-state index in [9.17, 15) is 9.59 Å². The summed E-state index contributed by atoms with van der Waals surface area (Å²) in [5, 5.41) is 8.63. The van der Waals surface area contributed by atoms with Crippen molar-refractivity contribution in [3.05, 3.63) is 109 Å². The zero-order chi connectivity index (χ0) is 32.1. The van der Waals surface area contributed by atoms with E-state index in [4.69, 9.17) is 28.4 Å². The van der Waals surface area contributed by atoms with Crippen LogP contribution in [0, 0.1) is 0 Å². The van der Waals surface area contributed by atoms with E-state index < -0.39 is 24.4 Å². The number of hydrogen-bond acceptors (Lipinski definition) is 8. The molecule has 10 nitrogen and oxygen atoms in total. The lowest BCUT2D eigenvalue weighted by atomic mass is 10.0. The van der Waals surface area contributed by atoms with Gasteiger partial charge in [-0.3, -0.25) is 10.6 Å². The van der Waals surface area contributed by atoms with Gasteiger partial charge in [-0.05, 0) is 24.3 Å². The Morgan fingerprint density at radius 2 is 0.826 bits per heavy atom. The Hall–Kier alpha value is -5.32. The van der Waals surface area contributed by atoms with Crippen LogP contribution >= 0.6 is 0 Å². The van der Waals surface area contributed by atoms with Gasteiger partial charge in [0.1, 0.15) is 24.7 Å². The van der Waals surface area contributed by atoms with Gasteiger partial charge in [-0.15, -0.1) is 0 Å². The van der Waals surface area contributed by atoms with Gasteiger partial charge in [-0.1, -0.05) is 84.9 Å². The molecule has 0 spiro atoms. The number of rotatable bonds is 14. The number of anilines is 2. The van der Waals surface area contributed by atoms with E-state index >= 15 is 0 Å². The number of nitrogens with one attached hydrogen (secondary N) is 2. The van der Waals surface area contributed by atoms with Gasteiger partial charge in [0.2, 0.25) is 0 Å². The maximum Gasteiger partial charge on any atom is 0.412 e. The van der Waals surface area contributed by atoms with Gasteiger partial charge in [0.25, 0.3) is 0 Å². The van der Waals surface area contributed by atoms with Gasteiger partial charge in [0.05, 0.1) is 13.2 Å². The molecule has 238 valence electrons. The van der Waals surface area contributed by atoms with Crippen molar-refractivity contribution in [2.75, 3.05) is 51.3 Å². The number of hydrogen-bond donors (Lipinski definition) is 2. The minimum atomic E-state index is -0.684. The summed E-state index contributed by atoms with van der Waals surface area (Å²) in [6, 6.07) is 33.5. The minimum Gasteiger partial charge on any atom is -0.488 e. The third kappa shape index (κ3) is 8.44. The molecule has 10 heteroatoms. The average Bonchev–Trinajstić information content (AvgIpc) is 3.07. The summed E-state index contributed by atoms with van der Waals surface area (Å²) in [5.41, 5.74) is 1.24. The summed E-state index contributed by atoms with van der Waals surface area (Å²) >= 11 is 0. The molecule has 0 radical (unpaired) electrons. The van der Waals surface area contributed by atoms with E-state index in [2.05, 4.69) is 10.6 Å². The van der Waals surface area contributed by atoms with Crippen molar-refractivity contribution in [2.45, 2.75) is 12.2 Å². The summed E-state index contributed by atoms with van der Waals surface area (Å²) in [6.07, 6.45) is -2.59. The van der Waals surface area contributed by atoms with Crippen molar-refractivity contribution < 1.29 is 38.0 Å². The Kier molecular flexibility index (Phi) is 11.2. The summed E-state index contributed by atoms with van der Waals surface area (Å²) in [4.78, 5) is 25.2. The number of benzene rings is 5. The topological polar surface area (TPSA) is 114 Å². The predicted molar refractivity (Wildman–Crippen MR) is 177 cm³/mol. The molecule has 5 aromatic carbocycles. The molecule has 5 rings (SSSR count). The molecule has 46 heavy (non-hydrogen) atoms. The lowest BCUT2D eigenvalue weighted by Crippen LogP contribution is -2.31. The molecule has 2 amide bonds. The van der Waals surface area contributed by atoms with Crippen LogP contribution in [0.5, 0.6) is 11.5 Å². The highest BCUT2D eigenvalue weighted by Crippen LogP contribution is 2.42. The fourth-order valence-corrected chi connectivity index (χ4v) is 4.96. The number of ether oxygens (including phenoxy) is 6. The number of para-hydroxylation sites is 2. The Bertz CT molecular complexity index is 1550. The first-order chi connectivity index (χ1) is 22.6. The fourth-order valence-electron chi connectivity index (χ4n) is 4.96. The lowest BCUT2D eigenvalue weighted by molar-refractivity contribution is 0.0197. The molecule has 5 aromatic rings. The van der Waals surface area contributed by atoms with Gasteiger partial charge in [-0.2, -0.15) is 0 Å². The SMILES string of the molecule is COCC(COc1c2ccccc2c(OCC(COC)OC(=O)Nc2ccccc2)c2ccccc12)OC(=O)Nc1ccccc1. The number of methoxy groups -OCH3 is 2. The summed E-state index contributed by atoms with van der Waals surface area (Å²) < 4.78 is 34.7. The van der Waals surface area contributed by atoms with E-state index in [1.807, 2.05) is 84.9 Å². The van der Waals surface area contributed by atoms with Crippen molar-refractivity contribution in [1.29, 1.82) is 0 Å². The quantitative estimate of drug-likeness (QED) is 0.124. The molecular weight excluding hydrogens is 588 g/mol. The second kappa shape index (κ2) is 16.1. The number of carbonyl (C=O) groups excluding carboxylic acids is 2. The van der Waals surface area contributed by atoms with E-state index in [1.54, 1.807) is 24.3 Å². The first kappa shape index (κ1) is 32.1. The third-order valence-electron chi connectivity index (χ3n) is 6.95. The van der Waals surface area contributed by atoms with E-state index in [1.165, 1.54) is 14.2 Å². The average molecular weight is 625 g/mol. The maximum atomic E-state index is 12.6. The molecular formula is C36H36N2O8. The monoisotopic (exact) mass is 624 g/mol. The first-order valence-electron chi connectivity index (χ1n) is 14.8. The van der Waals surface area contributed by atoms with E-state index in [0.717, 1.165) is 21.5 Å². The molecule has 2 unspecified atom stereocenters. The van der Waals surface area contributed by atoms with Crippen LogP contribution in [-0.4, -0.2) is 65.0 Å². The predicted octanol–water partition coefficient (Wildman–Crippen LogP) is 7.28. The van der Waals surface area contributed by atoms with Crippen LogP contribution in [0.25, 0.3) is 21.5 Å². The fraction of sp³-hybridized carbons (Fsp3) is 0.222. The zero-order valence-corrected chi connectivity index (χ0v) is 25.6. The van der Waals surface area contributed by atoms with Crippen molar-refractivity contribution >= 4 is 45.1 Å². The summed E-state index contributed by atoms with van der Waals surface area (Å²) in [5.74, 6) is 1.22. The van der Waals surface area contributed by atoms with E-state index in [0.29, 0.717) is 22.9 Å². The van der Waals surface area contributed by atoms with Crippen LogP contribution in [0.3, 0.4) is 0 Å². The second-order valence-electron chi connectivity index (χ2n) is 10.3. The van der Waals surface area contributed by atoms with Gasteiger partial charge in [0, 0.05) is 47.1 Å². The van der Waals surface area contributed by atoms with Gasteiger partial charge in [0.15, 0.2) is 12.2 Å². The Morgan fingerprint density at radius 1 is 0.500 bits per heavy atom. The van der Waals surface area contributed by atoms with Crippen molar-refractivity contribution in [3.63, 3.8) is 0 Å². The molecule has 0 aliphatic heterocycles. The number of carbonyl (C=O) groups is 2. The molecule has 0 bridgehead atoms. The summed E-state index contributed by atoms with van der Waals surface area (Å²) in [6.45, 7) is 0.366. The molecule has 0 aliphatic carbocycles. The molecule has 2 atom stereocenters. The van der Waals surface area contributed by atoms with Gasteiger partial charge >= 0.3 is 12.2 Å². The van der Waals surface area contributed by atoms with Crippen LogP contribution in [-0.2, 0) is 18.9 Å². The van der Waals surface area contributed by atoms with Crippen LogP contribution < -0.4 is 20.1 Å². The van der Waals surface area contributed by atoms with Gasteiger partial charge in [-0.25, -0.2) is 9.59 Å². The largest absolute Gasteiger partial charge is 0.488 e. The number of amides is 2. The molecule has 0 aromatic heterocycles. The lowest BCUT2D eigenvalue weighted by Gasteiger charge is -2.22. The maximum absolute atomic E-state index is 12.6. The highest BCUT2D eigenvalue weighted by atomic mass is 16.6.